The second-order valence-corrected chi connectivity index (χ2v) is 4.29. The van der Waals surface area contributed by atoms with Crippen LogP contribution in [0.4, 0.5) is 0 Å². The molecular formula is C14H33NO. The van der Waals surface area contributed by atoms with E-state index in [2.05, 4.69) is 6.92 Å². The van der Waals surface area contributed by atoms with E-state index >= 15 is 0 Å². The average molecular weight is 231 g/mol. The Balaban J connectivity index is 0. The molecule has 0 aromatic carbocycles. The van der Waals surface area contributed by atoms with Crippen LogP contribution in [0.2, 0.25) is 0 Å². The molecule has 3 N–H and O–H groups in total. The predicted octanol–water partition coefficient (Wildman–Crippen LogP) is 3.86. The van der Waals surface area contributed by atoms with Crippen LogP contribution in [0.1, 0.15) is 78.1 Å². The topological polar surface area (TPSA) is 46.2 Å². The lowest BCUT2D eigenvalue weighted by Gasteiger charge is -2.00. The Kier molecular flexibility index (Phi) is 23.3. The molecular weight excluding hydrogens is 198 g/mol. The zero-order chi connectivity index (χ0) is 12.5. The summed E-state index contributed by atoms with van der Waals surface area (Å²) in [5.41, 5.74) is 5.42. The fourth-order valence-corrected chi connectivity index (χ4v) is 1.63. The van der Waals surface area contributed by atoms with Crippen molar-refractivity contribution in [1.29, 1.82) is 0 Å². The van der Waals surface area contributed by atoms with Crippen molar-refractivity contribution >= 4 is 0 Å². The first-order valence-electron chi connectivity index (χ1n) is 7.14. The van der Waals surface area contributed by atoms with Gasteiger partial charge in [0.15, 0.2) is 0 Å². The Morgan fingerprint density at radius 3 is 1.31 bits per heavy atom. The van der Waals surface area contributed by atoms with Crippen LogP contribution in [-0.2, 0) is 0 Å². The molecule has 0 radical (unpaired) electrons. The van der Waals surface area contributed by atoms with Crippen molar-refractivity contribution in [3.63, 3.8) is 0 Å². The van der Waals surface area contributed by atoms with Gasteiger partial charge in [-0.05, 0) is 19.9 Å². The predicted molar refractivity (Wildman–Crippen MR) is 73.7 cm³/mol. The average Bonchev–Trinajstić information content (AvgIpc) is 2.28. The van der Waals surface area contributed by atoms with Gasteiger partial charge in [-0.1, -0.05) is 64.7 Å². The largest absolute Gasteiger partial charge is 0.397 e. The van der Waals surface area contributed by atoms with Crippen LogP contribution in [0, 0.1) is 0 Å². The van der Waals surface area contributed by atoms with Crippen molar-refractivity contribution in [3.8, 4) is 0 Å². The minimum Gasteiger partial charge on any atom is -0.397 e. The highest BCUT2D eigenvalue weighted by atomic mass is 16.2. The molecule has 0 aliphatic rings. The van der Waals surface area contributed by atoms with Crippen LogP contribution < -0.4 is 5.73 Å². The first-order chi connectivity index (χ1) is 7.83. The summed E-state index contributed by atoms with van der Waals surface area (Å²) in [5.74, 6) is 0. The minimum absolute atomic E-state index is 0.250. The summed E-state index contributed by atoms with van der Waals surface area (Å²) < 4.78 is 0. The Bertz CT molecular complexity index is 86.7. The highest BCUT2D eigenvalue weighted by Crippen LogP contribution is 2.09. The van der Waals surface area contributed by atoms with Gasteiger partial charge in [-0.2, -0.15) is 0 Å². The van der Waals surface area contributed by atoms with Crippen molar-refractivity contribution in [2.24, 2.45) is 5.73 Å². The summed E-state index contributed by atoms with van der Waals surface area (Å²) in [6.07, 6.45) is 13.9. The molecule has 2 nitrogen and oxygen atoms in total. The molecule has 2 heteroatoms. The van der Waals surface area contributed by atoms with Crippen LogP contribution in [0.25, 0.3) is 0 Å². The molecule has 0 aromatic rings. The molecule has 0 bridgehead atoms. The molecule has 0 saturated carbocycles. The molecule has 16 heavy (non-hydrogen) atoms. The molecule has 0 fully saturated rings. The Hall–Kier alpha value is -0.0800. The zero-order valence-electron chi connectivity index (χ0n) is 11.5. The quantitative estimate of drug-likeness (QED) is 0.561. The molecule has 0 aliphatic carbocycles. The van der Waals surface area contributed by atoms with E-state index in [-0.39, 0.29) is 6.61 Å². The lowest BCUT2D eigenvalue weighted by molar-refractivity contribution is 0.318. The maximum Gasteiger partial charge on any atom is 0.0402 e. The van der Waals surface area contributed by atoms with Gasteiger partial charge < -0.3 is 10.8 Å². The van der Waals surface area contributed by atoms with Crippen molar-refractivity contribution in [1.82, 2.24) is 0 Å². The fraction of sp³-hybridized carbons (Fsp3) is 1.00. The first kappa shape index (κ1) is 18.3. The highest BCUT2D eigenvalue weighted by Gasteiger charge is 1.91. The summed E-state index contributed by atoms with van der Waals surface area (Å²) in [7, 11) is 0. The van der Waals surface area contributed by atoms with Gasteiger partial charge in [0.1, 0.15) is 0 Å². The third-order valence-corrected chi connectivity index (χ3v) is 2.56. The Labute approximate surface area is 103 Å². The van der Waals surface area contributed by atoms with Crippen molar-refractivity contribution in [2.45, 2.75) is 78.1 Å². The third kappa shape index (κ3) is 23.6. The maximum absolute atomic E-state index is 7.57. The number of aliphatic hydroxyl groups is 1. The molecule has 0 saturated heterocycles. The number of unbranched alkanes of at least 4 members (excludes halogenated alkanes) is 9. The van der Waals surface area contributed by atoms with Gasteiger partial charge in [-0.25, -0.2) is 0 Å². The second-order valence-electron chi connectivity index (χ2n) is 4.29. The van der Waals surface area contributed by atoms with E-state index in [0.717, 1.165) is 6.54 Å². The van der Waals surface area contributed by atoms with Gasteiger partial charge in [0.25, 0.3) is 0 Å². The molecule has 0 aliphatic heterocycles. The van der Waals surface area contributed by atoms with Crippen LogP contribution >= 0.6 is 0 Å². The number of aliphatic hydroxyl groups excluding tert-OH is 1. The van der Waals surface area contributed by atoms with Gasteiger partial charge >= 0.3 is 0 Å². The Morgan fingerprint density at radius 1 is 0.688 bits per heavy atom. The molecule has 0 spiro atoms. The monoisotopic (exact) mass is 231 g/mol. The first-order valence-corrected chi connectivity index (χ1v) is 7.14. The summed E-state index contributed by atoms with van der Waals surface area (Å²) in [6.45, 7) is 5.07. The van der Waals surface area contributed by atoms with Gasteiger partial charge in [0, 0.05) is 6.61 Å². The van der Waals surface area contributed by atoms with Crippen molar-refractivity contribution < 1.29 is 5.11 Å². The maximum atomic E-state index is 7.57. The summed E-state index contributed by atoms with van der Waals surface area (Å²) in [5, 5.41) is 7.57. The van der Waals surface area contributed by atoms with E-state index < -0.39 is 0 Å². The van der Waals surface area contributed by atoms with Crippen LogP contribution in [0.5, 0.6) is 0 Å². The van der Waals surface area contributed by atoms with Gasteiger partial charge in [-0.15, -0.1) is 0 Å². The van der Waals surface area contributed by atoms with Gasteiger partial charge in [0.2, 0.25) is 0 Å². The van der Waals surface area contributed by atoms with Crippen LogP contribution in [0.3, 0.4) is 0 Å². The summed E-state index contributed by atoms with van der Waals surface area (Å²) in [4.78, 5) is 0. The standard InChI is InChI=1S/C12H27N.C2H6O/c1-2-3-4-5-6-7-8-9-10-11-12-13;1-2-3/h2-13H2,1H3;3H,2H2,1H3. The van der Waals surface area contributed by atoms with Gasteiger partial charge in [0.05, 0.1) is 0 Å². The third-order valence-electron chi connectivity index (χ3n) is 2.56. The van der Waals surface area contributed by atoms with Crippen LogP contribution in [-0.4, -0.2) is 18.3 Å². The summed E-state index contributed by atoms with van der Waals surface area (Å²) >= 11 is 0. The molecule has 100 valence electrons. The molecule has 0 aromatic heterocycles. The van der Waals surface area contributed by atoms with E-state index in [1.807, 2.05) is 0 Å². The Morgan fingerprint density at radius 2 is 1.00 bits per heavy atom. The van der Waals surface area contributed by atoms with Crippen LogP contribution in [0.15, 0.2) is 0 Å². The van der Waals surface area contributed by atoms with E-state index in [4.69, 9.17) is 10.8 Å². The molecule has 0 amide bonds. The number of rotatable bonds is 10. The van der Waals surface area contributed by atoms with Gasteiger partial charge in [-0.3, -0.25) is 0 Å². The van der Waals surface area contributed by atoms with E-state index in [9.17, 15) is 0 Å². The fourth-order valence-electron chi connectivity index (χ4n) is 1.63. The van der Waals surface area contributed by atoms with Crippen molar-refractivity contribution in [2.75, 3.05) is 13.2 Å². The van der Waals surface area contributed by atoms with E-state index in [1.165, 1.54) is 64.2 Å². The zero-order valence-corrected chi connectivity index (χ0v) is 11.5. The molecule has 0 unspecified atom stereocenters. The lowest BCUT2D eigenvalue weighted by atomic mass is 10.1. The second kappa shape index (κ2) is 20.3. The molecule has 0 atom stereocenters. The number of hydrogen-bond donors (Lipinski definition) is 2. The lowest BCUT2D eigenvalue weighted by Crippen LogP contribution is -1.97. The molecule has 0 heterocycles. The van der Waals surface area contributed by atoms with E-state index in [1.54, 1.807) is 6.92 Å². The normalized spacial score (nSPS) is 9.75. The highest BCUT2D eigenvalue weighted by molar-refractivity contribution is 4.47. The smallest absolute Gasteiger partial charge is 0.0402 e. The number of hydrogen-bond acceptors (Lipinski definition) is 2. The van der Waals surface area contributed by atoms with E-state index in [0.29, 0.717) is 0 Å². The van der Waals surface area contributed by atoms with Crippen molar-refractivity contribution in [3.05, 3.63) is 0 Å². The summed E-state index contributed by atoms with van der Waals surface area (Å²) in [6, 6.07) is 0. The molecule has 0 rings (SSSR count). The minimum atomic E-state index is 0.250. The SMILES string of the molecule is CCCCCCCCCCCCN.CCO. The number of nitrogens with two attached hydrogens (primary N) is 1.